The molecule has 0 aliphatic heterocycles. The molecule has 0 spiro atoms. The van der Waals surface area contributed by atoms with E-state index in [-0.39, 0.29) is 0 Å². The number of hydrogen-bond donors (Lipinski definition) is 1. The molecule has 0 radical (unpaired) electrons. The second kappa shape index (κ2) is 4.22. The second-order valence-electron chi connectivity index (χ2n) is 7.47. The highest BCUT2D eigenvalue weighted by atomic mass is 14.8. The fourth-order valence-corrected chi connectivity index (χ4v) is 5.66. The zero-order valence-corrected chi connectivity index (χ0v) is 11.6. The highest BCUT2D eigenvalue weighted by Gasteiger charge is 2.50. The van der Waals surface area contributed by atoms with Crippen LogP contribution >= 0.6 is 0 Å². The molecule has 0 atom stereocenters. The van der Waals surface area contributed by atoms with Gasteiger partial charge in [0, 0.05) is 6.20 Å². The molecular formula is C17H24N2. The summed E-state index contributed by atoms with van der Waals surface area (Å²) in [5.74, 6) is 3.90. The topological polar surface area (TPSA) is 38.9 Å². The van der Waals surface area contributed by atoms with Gasteiger partial charge in [-0.1, -0.05) is 6.07 Å². The first-order chi connectivity index (χ1) is 9.22. The molecular weight excluding hydrogens is 232 g/mol. The Morgan fingerprint density at radius 2 is 1.74 bits per heavy atom. The van der Waals surface area contributed by atoms with Crippen LogP contribution in [0.1, 0.15) is 50.5 Å². The van der Waals surface area contributed by atoms with Gasteiger partial charge in [0.25, 0.3) is 0 Å². The molecule has 4 fully saturated rings. The van der Waals surface area contributed by atoms with Crippen LogP contribution in [0.25, 0.3) is 0 Å². The van der Waals surface area contributed by atoms with Crippen LogP contribution in [0.4, 0.5) is 5.82 Å². The van der Waals surface area contributed by atoms with Crippen molar-refractivity contribution in [2.45, 2.75) is 51.4 Å². The smallest absolute Gasteiger partial charge is 0.126 e. The molecule has 0 aromatic carbocycles. The first kappa shape index (κ1) is 11.7. The number of aryl methyl sites for hydroxylation is 1. The minimum absolute atomic E-state index is 0.664. The number of aromatic nitrogens is 1. The van der Waals surface area contributed by atoms with E-state index < -0.39 is 0 Å². The van der Waals surface area contributed by atoms with Gasteiger partial charge >= 0.3 is 0 Å². The molecule has 0 amide bonds. The lowest BCUT2D eigenvalue weighted by Crippen LogP contribution is -2.46. The van der Waals surface area contributed by atoms with E-state index >= 15 is 0 Å². The molecule has 1 heterocycles. The van der Waals surface area contributed by atoms with Gasteiger partial charge in [0.15, 0.2) is 0 Å². The van der Waals surface area contributed by atoms with E-state index in [0.29, 0.717) is 5.41 Å². The quantitative estimate of drug-likeness (QED) is 0.893. The number of rotatable bonds is 3. The van der Waals surface area contributed by atoms with Gasteiger partial charge in [-0.2, -0.15) is 0 Å². The fraction of sp³-hybridized carbons (Fsp3) is 0.706. The van der Waals surface area contributed by atoms with Crippen molar-refractivity contribution in [3.8, 4) is 0 Å². The van der Waals surface area contributed by atoms with Crippen LogP contribution in [-0.4, -0.2) is 4.98 Å². The first-order valence-electron chi connectivity index (χ1n) is 7.92. The van der Waals surface area contributed by atoms with Crippen molar-refractivity contribution in [3.63, 3.8) is 0 Å². The molecule has 2 nitrogen and oxygen atoms in total. The van der Waals surface area contributed by atoms with E-state index in [9.17, 15) is 0 Å². The van der Waals surface area contributed by atoms with Gasteiger partial charge in [0.05, 0.1) is 0 Å². The summed E-state index contributed by atoms with van der Waals surface area (Å²) >= 11 is 0. The summed E-state index contributed by atoms with van der Waals surface area (Å²) in [4.78, 5) is 4.22. The average Bonchev–Trinajstić information content (AvgIpc) is 2.36. The number of hydrogen-bond acceptors (Lipinski definition) is 2. The molecule has 1 aromatic heterocycles. The van der Waals surface area contributed by atoms with Crippen molar-refractivity contribution in [2.75, 3.05) is 5.73 Å². The third kappa shape index (κ3) is 2.05. The molecule has 1 aromatic rings. The fourth-order valence-electron chi connectivity index (χ4n) is 5.66. The van der Waals surface area contributed by atoms with Crippen LogP contribution in [0.5, 0.6) is 0 Å². The summed E-state index contributed by atoms with van der Waals surface area (Å²) in [5.41, 5.74) is 7.91. The summed E-state index contributed by atoms with van der Waals surface area (Å²) in [6.45, 7) is 0. The Balaban J connectivity index is 1.49. The summed E-state index contributed by atoms with van der Waals surface area (Å²) in [6, 6.07) is 4.17. The Morgan fingerprint density at radius 1 is 1.11 bits per heavy atom. The Kier molecular flexibility index (Phi) is 2.61. The van der Waals surface area contributed by atoms with Crippen molar-refractivity contribution in [1.29, 1.82) is 0 Å². The zero-order chi connectivity index (χ0) is 12.9. The van der Waals surface area contributed by atoms with Crippen molar-refractivity contribution < 1.29 is 0 Å². The zero-order valence-electron chi connectivity index (χ0n) is 11.6. The minimum Gasteiger partial charge on any atom is -0.383 e. The standard InChI is InChI=1S/C17H24N2/c18-16-15(2-1-5-19-16)3-4-17-9-12-6-13(10-17)8-14(7-12)11-17/h1-2,5,12-14H,3-4,6-11H2,(H2,18,19). The van der Waals surface area contributed by atoms with E-state index in [2.05, 4.69) is 11.1 Å². The largest absolute Gasteiger partial charge is 0.383 e. The molecule has 2 heteroatoms. The summed E-state index contributed by atoms with van der Waals surface area (Å²) in [7, 11) is 0. The molecule has 5 rings (SSSR count). The van der Waals surface area contributed by atoms with Gasteiger partial charge in [-0.3, -0.25) is 0 Å². The Labute approximate surface area is 115 Å². The lowest BCUT2D eigenvalue weighted by atomic mass is 9.48. The van der Waals surface area contributed by atoms with Gasteiger partial charge in [-0.05, 0) is 86.2 Å². The summed E-state index contributed by atoms with van der Waals surface area (Å²) in [5, 5.41) is 0. The number of nitrogens with two attached hydrogens (primary N) is 1. The molecule has 19 heavy (non-hydrogen) atoms. The maximum atomic E-state index is 5.99. The monoisotopic (exact) mass is 256 g/mol. The molecule has 4 bridgehead atoms. The van der Waals surface area contributed by atoms with Gasteiger partial charge in [0.2, 0.25) is 0 Å². The van der Waals surface area contributed by atoms with Crippen LogP contribution in [0.3, 0.4) is 0 Å². The number of pyridine rings is 1. The van der Waals surface area contributed by atoms with E-state index in [1.807, 2.05) is 6.07 Å². The Morgan fingerprint density at radius 3 is 2.32 bits per heavy atom. The number of nitrogens with zero attached hydrogens (tertiary/aromatic N) is 1. The highest BCUT2D eigenvalue weighted by molar-refractivity contribution is 5.38. The Bertz CT molecular complexity index is 445. The van der Waals surface area contributed by atoms with Crippen LogP contribution < -0.4 is 5.73 Å². The second-order valence-corrected chi connectivity index (χ2v) is 7.47. The minimum atomic E-state index is 0.664. The van der Waals surface area contributed by atoms with Crippen molar-refractivity contribution in [1.82, 2.24) is 4.98 Å². The molecule has 0 saturated heterocycles. The summed E-state index contributed by atoms with van der Waals surface area (Å²) < 4.78 is 0. The lowest BCUT2D eigenvalue weighted by Gasteiger charge is -2.57. The van der Waals surface area contributed by atoms with Crippen LogP contribution in [0.15, 0.2) is 18.3 Å². The van der Waals surface area contributed by atoms with Gasteiger partial charge < -0.3 is 5.73 Å². The molecule has 102 valence electrons. The van der Waals surface area contributed by atoms with Gasteiger partial charge in [-0.25, -0.2) is 4.98 Å². The Hall–Kier alpha value is -1.05. The van der Waals surface area contributed by atoms with Crippen molar-refractivity contribution >= 4 is 5.82 Å². The third-order valence-corrected chi connectivity index (χ3v) is 6.02. The van der Waals surface area contributed by atoms with E-state index in [1.54, 1.807) is 6.20 Å². The number of nitrogen functional groups attached to an aromatic ring is 1. The van der Waals surface area contributed by atoms with Crippen LogP contribution in [0, 0.1) is 23.2 Å². The predicted molar refractivity (Wildman–Crippen MR) is 77.6 cm³/mol. The van der Waals surface area contributed by atoms with Gasteiger partial charge in [0.1, 0.15) is 5.82 Å². The van der Waals surface area contributed by atoms with Crippen molar-refractivity contribution in [2.24, 2.45) is 23.2 Å². The maximum Gasteiger partial charge on any atom is 0.126 e. The molecule has 4 aliphatic carbocycles. The molecule has 4 saturated carbocycles. The summed E-state index contributed by atoms with van der Waals surface area (Å²) in [6.07, 6.45) is 13.4. The highest BCUT2D eigenvalue weighted by Crippen LogP contribution is 2.61. The first-order valence-corrected chi connectivity index (χ1v) is 7.92. The van der Waals surface area contributed by atoms with E-state index in [1.165, 1.54) is 50.5 Å². The SMILES string of the molecule is Nc1ncccc1CCC12CC3CC(CC(C3)C1)C2. The maximum absolute atomic E-state index is 5.99. The average molecular weight is 256 g/mol. The van der Waals surface area contributed by atoms with Crippen molar-refractivity contribution in [3.05, 3.63) is 23.9 Å². The predicted octanol–water partition coefficient (Wildman–Crippen LogP) is 3.81. The molecule has 0 unspecified atom stereocenters. The molecule has 2 N–H and O–H groups in total. The normalized spacial score (nSPS) is 39.7. The van der Waals surface area contributed by atoms with Crippen LogP contribution in [0.2, 0.25) is 0 Å². The number of anilines is 1. The van der Waals surface area contributed by atoms with E-state index in [4.69, 9.17) is 5.73 Å². The van der Waals surface area contributed by atoms with Crippen LogP contribution in [-0.2, 0) is 6.42 Å². The third-order valence-electron chi connectivity index (χ3n) is 6.02. The molecule has 4 aliphatic rings. The lowest BCUT2D eigenvalue weighted by molar-refractivity contribution is -0.0569. The van der Waals surface area contributed by atoms with Gasteiger partial charge in [-0.15, -0.1) is 0 Å². The van der Waals surface area contributed by atoms with E-state index in [0.717, 1.165) is 30.0 Å².